The van der Waals surface area contributed by atoms with Gasteiger partial charge in [-0.25, -0.2) is 8.42 Å². The van der Waals surface area contributed by atoms with Gasteiger partial charge in [-0.3, -0.25) is 8.98 Å². The second kappa shape index (κ2) is 7.10. The number of rotatable bonds is 2. The molecule has 4 rings (SSSR count). The fourth-order valence-electron chi connectivity index (χ4n) is 6.35. The summed E-state index contributed by atoms with van der Waals surface area (Å²) in [7, 11) is -5.49. The van der Waals surface area contributed by atoms with E-state index in [1.54, 1.807) is 0 Å². The van der Waals surface area contributed by atoms with Gasteiger partial charge in [-0.2, -0.15) is 0 Å². The molecule has 0 amide bonds. The number of carbonyl (C=O) groups excluding carboxylic acids is 1. The summed E-state index contributed by atoms with van der Waals surface area (Å²) in [5.74, 6) is -0.203. The van der Waals surface area contributed by atoms with Crippen molar-refractivity contribution in [3.63, 3.8) is 0 Å². The van der Waals surface area contributed by atoms with Crippen LogP contribution in [0.15, 0.2) is 0 Å². The van der Waals surface area contributed by atoms with Gasteiger partial charge in [-0.05, 0) is 80.4 Å². The first-order valence-corrected chi connectivity index (χ1v) is 10.5. The molecule has 4 aliphatic carbocycles. The summed E-state index contributed by atoms with van der Waals surface area (Å²) in [6, 6.07) is 0. The molecule has 0 aromatic heterocycles. The summed E-state index contributed by atoms with van der Waals surface area (Å²) in [5.41, 5.74) is -1.20. The van der Waals surface area contributed by atoms with Gasteiger partial charge < -0.3 is 4.55 Å². The van der Waals surface area contributed by atoms with Crippen LogP contribution in [0.3, 0.4) is 0 Å². The van der Waals surface area contributed by atoms with Gasteiger partial charge in [0.25, 0.3) is 0 Å². The number of hydrogen-bond acceptors (Lipinski definition) is 5. The fourth-order valence-corrected chi connectivity index (χ4v) is 6.67. The molecule has 142 valence electrons. The van der Waals surface area contributed by atoms with Crippen LogP contribution in [0, 0.1) is 34.5 Å². The van der Waals surface area contributed by atoms with Crippen LogP contribution in [0.25, 0.3) is 0 Å². The maximum atomic E-state index is 12.5. The van der Waals surface area contributed by atoms with Crippen LogP contribution in [0.1, 0.15) is 78.4 Å². The number of hydrogen-bond donors (Lipinski definition) is 0. The Morgan fingerprint density at radius 2 is 1.92 bits per heavy atom. The fraction of sp³-hybridized carbons (Fsp3) is 0.947. The van der Waals surface area contributed by atoms with Crippen molar-refractivity contribution in [1.29, 1.82) is 0 Å². The van der Waals surface area contributed by atoms with Crippen molar-refractivity contribution in [3.05, 3.63) is 0 Å². The molecule has 0 aliphatic heterocycles. The molecule has 7 heteroatoms. The molecule has 4 fully saturated rings. The minimum Gasteiger partial charge on any atom is -0.726 e. The smallest absolute Gasteiger partial charge is 0.726 e. The molecule has 0 aromatic rings. The molecule has 0 unspecified atom stereocenters. The molecule has 7 atom stereocenters. The molecular formula is C19H29NaO5S. The summed E-state index contributed by atoms with van der Waals surface area (Å²) >= 11 is 0. The van der Waals surface area contributed by atoms with Crippen LogP contribution < -0.4 is 29.6 Å². The molecule has 0 radical (unpaired) electrons. The standard InChI is InChI=1S/C19H30O5S.Na/c1-18-9-7-13(24-25(21,22)23)11-12(18)3-4-14-15-5-6-17(20)19(15,2)10-8-16(14)18;/h12-16H,3-11H2,1-2H3,(H,21,22,23);/q;+1/p-1/t12-,13+,14-,15-,16-,18-,19-;/m0./s1/i7D2,11D2,13D;. The zero-order valence-corrected chi connectivity index (χ0v) is 18.5. The Labute approximate surface area is 186 Å². The Hall–Kier alpha value is 0.540. The molecule has 26 heavy (non-hydrogen) atoms. The third kappa shape index (κ3) is 3.37. The summed E-state index contributed by atoms with van der Waals surface area (Å²) < 4.78 is 80.7. The average Bonchev–Trinajstić information content (AvgIpc) is 2.87. The third-order valence-corrected chi connectivity index (χ3v) is 8.07. The molecule has 0 spiro atoms. The molecular weight excluding hydrogens is 363 g/mol. The zero-order valence-electron chi connectivity index (χ0n) is 20.7. The van der Waals surface area contributed by atoms with Gasteiger partial charge in [0.05, 0.1) is 7.45 Å². The topological polar surface area (TPSA) is 83.5 Å². The van der Waals surface area contributed by atoms with Crippen molar-refractivity contribution in [1.82, 2.24) is 0 Å². The van der Waals surface area contributed by atoms with Crippen molar-refractivity contribution in [3.8, 4) is 0 Å². The normalized spacial score (nSPS) is 57.7. The van der Waals surface area contributed by atoms with Gasteiger partial charge in [0.1, 0.15) is 5.78 Å². The van der Waals surface area contributed by atoms with E-state index in [9.17, 15) is 17.8 Å². The van der Waals surface area contributed by atoms with Gasteiger partial charge in [0.2, 0.25) is 10.4 Å². The Morgan fingerprint density at radius 1 is 1.19 bits per heavy atom. The monoisotopic (exact) mass is 397 g/mol. The molecule has 0 heterocycles. The van der Waals surface area contributed by atoms with Crippen LogP contribution in [-0.4, -0.2) is 24.8 Å². The number of Topliss-reactive ketones (excluding diaryl/α,β-unsaturated/α-hetero) is 1. The molecule has 0 N–H and O–H groups in total. The molecule has 5 nitrogen and oxygen atoms in total. The maximum absolute atomic E-state index is 12.5. The Bertz CT molecular complexity index is 885. The van der Waals surface area contributed by atoms with Crippen molar-refractivity contribution < 1.29 is 58.4 Å². The Balaban J connectivity index is 0.00000272. The van der Waals surface area contributed by atoms with E-state index in [-0.39, 0.29) is 64.9 Å². The summed E-state index contributed by atoms with van der Waals surface area (Å²) in [5, 5.41) is 0. The molecule has 4 saturated carbocycles. The Morgan fingerprint density at radius 3 is 2.62 bits per heavy atom. The van der Waals surface area contributed by atoms with E-state index in [0.29, 0.717) is 32.1 Å². The van der Waals surface area contributed by atoms with E-state index in [1.807, 2.05) is 13.8 Å². The van der Waals surface area contributed by atoms with Crippen molar-refractivity contribution >= 4 is 16.2 Å². The quantitative estimate of drug-likeness (QED) is 0.384. The third-order valence-electron chi connectivity index (χ3n) is 7.70. The van der Waals surface area contributed by atoms with E-state index < -0.39 is 40.6 Å². The van der Waals surface area contributed by atoms with E-state index in [1.165, 1.54) is 0 Å². The first-order valence-electron chi connectivity index (χ1n) is 11.7. The number of carbonyl (C=O) groups is 1. The minimum absolute atomic E-state index is 0. The Kier molecular flexibility index (Phi) is 4.20. The molecule has 4 aliphatic rings. The van der Waals surface area contributed by atoms with Crippen LogP contribution >= 0.6 is 0 Å². The first-order chi connectivity index (χ1) is 13.5. The van der Waals surface area contributed by atoms with E-state index in [4.69, 9.17) is 6.85 Å². The van der Waals surface area contributed by atoms with Gasteiger partial charge in [0, 0.05) is 17.3 Å². The predicted octanol–water partition coefficient (Wildman–Crippen LogP) is 0.448. The van der Waals surface area contributed by atoms with Gasteiger partial charge in [-0.1, -0.05) is 13.8 Å². The first kappa shape index (κ1) is 15.4. The predicted molar refractivity (Wildman–Crippen MR) is 91.3 cm³/mol. The van der Waals surface area contributed by atoms with E-state index in [2.05, 4.69) is 4.18 Å². The molecule has 0 saturated heterocycles. The van der Waals surface area contributed by atoms with Crippen LogP contribution in [-0.2, 0) is 19.4 Å². The zero-order chi connectivity index (χ0) is 22.5. The molecule has 0 bridgehead atoms. The largest absolute Gasteiger partial charge is 1.00 e. The van der Waals surface area contributed by atoms with Crippen LogP contribution in [0.4, 0.5) is 0 Å². The van der Waals surface area contributed by atoms with Crippen LogP contribution in [0.5, 0.6) is 0 Å². The van der Waals surface area contributed by atoms with Gasteiger partial charge in [0.15, 0.2) is 0 Å². The van der Waals surface area contributed by atoms with Crippen LogP contribution in [0.2, 0.25) is 0 Å². The molecule has 0 aromatic carbocycles. The van der Waals surface area contributed by atoms with Crippen molar-refractivity contribution in [2.24, 2.45) is 34.5 Å². The minimum atomic E-state index is -5.49. The van der Waals surface area contributed by atoms with Crippen molar-refractivity contribution in [2.45, 2.75) is 77.6 Å². The average molecular weight is 398 g/mol. The maximum Gasteiger partial charge on any atom is 1.00 e. The number of ketones is 1. The van der Waals surface area contributed by atoms with Crippen molar-refractivity contribution in [2.75, 3.05) is 0 Å². The summed E-state index contributed by atoms with van der Waals surface area (Å²) in [6.07, 6.45) is -5.09. The second-order valence-corrected chi connectivity index (χ2v) is 9.73. The van der Waals surface area contributed by atoms with Gasteiger partial charge in [-0.15, -0.1) is 0 Å². The summed E-state index contributed by atoms with van der Waals surface area (Å²) in [4.78, 5) is 12.5. The van der Waals surface area contributed by atoms with Gasteiger partial charge >= 0.3 is 29.6 Å². The second-order valence-electron chi connectivity index (χ2n) is 8.75. The van der Waals surface area contributed by atoms with E-state index in [0.717, 1.165) is 6.42 Å². The SMILES string of the molecule is [2H]C1([2H])C[C@]2(C)[C@H]3CC[C@]4(C)C(=O)CC[C@H]4[C@@H]3CC[C@H]2C([2H])([2H])[C@]1([2H])OS(=O)(=O)[O-].[Na+]. The number of fused-ring (bicyclic) bond motifs is 5. The van der Waals surface area contributed by atoms with E-state index >= 15 is 0 Å². The summed E-state index contributed by atoms with van der Waals surface area (Å²) in [6.45, 7) is 3.87.